The van der Waals surface area contributed by atoms with Crippen LogP contribution in [-0.2, 0) is 0 Å². The van der Waals surface area contributed by atoms with Crippen molar-refractivity contribution in [2.45, 2.75) is 70.0 Å². The van der Waals surface area contributed by atoms with Gasteiger partial charge in [0.2, 0.25) is 0 Å². The van der Waals surface area contributed by atoms with Crippen LogP contribution in [0.3, 0.4) is 0 Å². The van der Waals surface area contributed by atoms with Crippen molar-refractivity contribution in [1.29, 1.82) is 0 Å². The van der Waals surface area contributed by atoms with Crippen molar-refractivity contribution in [3.05, 3.63) is 0 Å². The highest BCUT2D eigenvalue weighted by molar-refractivity contribution is 4.91. The highest BCUT2D eigenvalue weighted by atomic mass is 15.2. The first-order valence-electron chi connectivity index (χ1n) is 7.13. The topological polar surface area (TPSA) is 15.3 Å². The molecule has 0 amide bonds. The molecule has 2 nitrogen and oxygen atoms in total. The van der Waals surface area contributed by atoms with Gasteiger partial charge in [0.25, 0.3) is 0 Å². The summed E-state index contributed by atoms with van der Waals surface area (Å²) in [6.45, 7) is 2.43. The van der Waals surface area contributed by atoms with Crippen molar-refractivity contribution in [3.63, 3.8) is 0 Å². The van der Waals surface area contributed by atoms with Crippen LogP contribution in [0.25, 0.3) is 0 Å². The third-order valence-electron chi connectivity index (χ3n) is 4.82. The van der Waals surface area contributed by atoms with Crippen LogP contribution in [0.2, 0.25) is 0 Å². The molecule has 0 aromatic heterocycles. The van der Waals surface area contributed by atoms with Gasteiger partial charge in [-0.1, -0.05) is 19.3 Å². The molecule has 3 unspecified atom stereocenters. The Kier molecular flexibility index (Phi) is 4.26. The van der Waals surface area contributed by atoms with Crippen molar-refractivity contribution in [2.75, 3.05) is 14.1 Å². The Hall–Kier alpha value is -0.0800. The molecule has 0 radical (unpaired) electrons. The average molecular weight is 224 g/mol. The minimum absolute atomic E-state index is 0.716. The number of hydrogen-bond donors (Lipinski definition) is 1. The maximum absolute atomic E-state index is 3.55. The standard InChI is InChI=1S/C14H28N2/c1-11(12-9-10-12)16(3)14-8-6-4-5-7-13(14)15-2/h11-15H,4-10H2,1-3H3. The van der Waals surface area contributed by atoms with Gasteiger partial charge in [0.1, 0.15) is 0 Å². The molecule has 2 heteroatoms. The monoisotopic (exact) mass is 224 g/mol. The molecule has 2 saturated carbocycles. The second-order valence-electron chi connectivity index (χ2n) is 5.84. The van der Waals surface area contributed by atoms with Gasteiger partial charge in [-0.25, -0.2) is 0 Å². The van der Waals surface area contributed by atoms with Crippen molar-refractivity contribution in [3.8, 4) is 0 Å². The first-order valence-corrected chi connectivity index (χ1v) is 7.13. The molecular weight excluding hydrogens is 196 g/mol. The quantitative estimate of drug-likeness (QED) is 0.739. The van der Waals surface area contributed by atoms with Gasteiger partial charge < -0.3 is 5.32 Å². The van der Waals surface area contributed by atoms with Crippen LogP contribution in [-0.4, -0.2) is 37.1 Å². The molecule has 2 fully saturated rings. The van der Waals surface area contributed by atoms with Gasteiger partial charge in [-0.15, -0.1) is 0 Å². The SMILES string of the molecule is CNC1CCCCCC1N(C)C(C)C1CC1. The molecule has 2 aliphatic carbocycles. The fourth-order valence-electron chi connectivity index (χ4n) is 3.33. The van der Waals surface area contributed by atoms with Crippen LogP contribution < -0.4 is 5.32 Å². The van der Waals surface area contributed by atoms with E-state index >= 15 is 0 Å². The Labute approximate surface area is 101 Å². The van der Waals surface area contributed by atoms with Crippen LogP contribution in [0.4, 0.5) is 0 Å². The normalized spacial score (nSPS) is 33.8. The Morgan fingerprint density at radius 3 is 2.38 bits per heavy atom. The lowest BCUT2D eigenvalue weighted by Gasteiger charge is -2.37. The number of nitrogens with one attached hydrogen (secondary N) is 1. The zero-order valence-electron chi connectivity index (χ0n) is 11.2. The third kappa shape index (κ3) is 2.78. The summed E-state index contributed by atoms with van der Waals surface area (Å²) >= 11 is 0. The predicted molar refractivity (Wildman–Crippen MR) is 69.7 cm³/mol. The lowest BCUT2D eigenvalue weighted by atomic mass is 9.99. The molecule has 2 rings (SSSR count). The van der Waals surface area contributed by atoms with E-state index in [-0.39, 0.29) is 0 Å². The molecule has 2 aliphatic rings. The molecule has 0 aliphatic heterocycles. The minimum atomic E-state index is 0.716. The average Bonchev–Trinajstić information content (AvgIpc) is 3.12. The Morgan fingerprint density at radius 1 is 1.06 bits per heavy atom. The second-order valence-corrected chi connectivity index (χ2v) is 5.84. The number of rotatable bonds is 4. The van der Waals surface area contributed by atoms with Gasteiger partial charge in [-0.2, -0.15) is 0 Å². The summed E-state index contributed by atoms with van der Waals surface area (Å²) in [7, 11) is 4.49. The van der Waals surface area contributed by atoms with Crippen LogP contribution >= 0.6 is 0 Å². The molecule has 0 spiro atoms. The molecule has 1 N–H and O–H groups in total. The van der Waals surface area contributed by atoms with E-state index in [1.807, 2.05) is 0 Å². The molecule has 0 heterocycles. The Balaban J connectivity index is 1.96. The maximum atomic E-state index is 3.55. The van der Waals surface area contributed by atoms with Gasteiger partial charge in [0.15, 0.2) is 0 Å². The smallest absolute Gasteiger partial charge is 0.0249 e. The van der Waals surface area contributed by atoms with Gasteiger partial charge in [0, 0.05) is 18.1 Å². The summed E-state index contributed by atoms with van der Waals surface area (Å²) in [4.78, 5) is 2.67. The summed E-state index contributed by atoms with van der Waals surface area (Å²) in [6.07, 6.45) is 9.94. The van der Waals surface area contributed by atoms with E-state index in [0.29, 0.717) is 6.04 Å². The molecule has 0 bridgehead atoms. The van der Waals surface area contributed by atoms with Crippen LogP contribution in [0.15, 0.2) is 0 Å². The Bertz CT molecular complexity index is 213. The molecule has 94 valence electrons. The minimum Gasteiger partial charge on any atom is -0.315 e. The van der Waals surface area contributed by atoms with E-state index in [2.05, 4.69) is 31.2 Å². The first kappa shape index (κ1) is 12.4. The summed E-state index contributed by atoms with van der Waals surface area (Å²) in [5, 5.41) is 3.55. The summed E-state index contributed by atoms with van der Waals surface area (Å²) in [6, 6.07) is 2.27. The van der Waals surface area contributed by atoms with Crippen molar-refractivity contribution < 1.29 is 0 Å². The molecule has 0 aromatic carbocycles. The second kappa shape index (κ2) is 5.50. The maximum Gasteiger partial charge on any atom is 0.0249 e. The summed E-state index contributed by atoms with van der Waals surface area (Å²) in [5.41, 5.74) is 0. The van der Waals surface area contributed by atoms with E-state index < -0.39 is 0 Å². The molecule has 3 atom stereocenters. The van der Waals surface area contributed by atoms with E-state index in [4.69, 9.17) is 0 Å². The van der Waals surface area contributed by atoms with E-state index in [9.17, 15) is 0 Å². The number of likely N-dealkylation sites (N-methyl/N-ethyl adjacent to an activating group) is 2. The molecule has 0 aromatic rings. The van der Waals surface area contributed by atoms with Crippen molar-refractivity contribution in [1.82, 2.24) is 10.2 Å². The van der Waals surface area contributed by atoms with Crippen LogP contribution in [0.5, 0.6) is 0 Å². The number of nitrogens with zero attached hydrogens (tertiary/aromatic N) is 1. The fraction of sp³-hybridized carbons (Fsp3) is 1.00. The fourth-order valence-corrected chi connectivity index (χ4v) is 3.33. The molecule has 0 saturated heterocycles. The molecular formula is C14H28N2. The highest BCUT2D eigenvalue weighted by Crippen LogP contribution is 2.36. The zero-order chi connectivity index (χ0) is 11.5. The van der Waals surface area contributed by atoms with E-state index in [1.165, 1.54) is 44.9 Å². The largest absolute Gasteiger partial charge is 0.315 e. The summed E-state index contributed by atoms with van der Waals surface area (Å²) in [5.74, 6) is 0.991. The Morgan fingerprint density at radius 2 is 1.75 bits per heavy atom. The van der Waals surface area contributed by atoms with Crippen LogP contribution in [0, 0.1) is 5.92 Å². The zero-order valence-corrected chi connectivity index (χ0v) is 11.2. The van der Waals surface area contributed by atoms with Gasteiger partial charge in [0.05, 0.1) is 0 Å². The third-order valence-corrected chi connectivity index (χ3v) is 4.82. The molecule has 16 heavy (non-hydrogen) atoms. The lowest BCUT2D eigenvalue weighted by Crippen LogP contribution is -2.50. The van der Waals surface area contributed by atoms with Crippen molar-refractivity contribution >= 4 is 0 Å². The lowest BCUT2D eigenvalue weighted by molar-refractivity contribution is 0.129. The van der Waals surface area contributed by atoms with E-state index in [0.717, 1.165) is 18.0 Å². The van der Waals surface area contributed by atoms with Gasteiger partial charge >= 0.3 is 0 Å². The van der Waals surface area contributed by atoms with E-state index in [1.54, 1.807) is 0 Å². The van der Waals surface area contributed by atoms with Crippen LogP contribution in [0.1, 0.15) is 51.9 Å². The van der Waals surface area contributed by atoms with Crippen molar-refractivity contribution in [2.24, 2.45) is 5.92 Å². The predicted octanol–water partition coefficient (Wildman–Crippen LogP) is 2.64. The van der Waals surface area contributed by atoms with Gasteiger partial charge in [-0.05, 0) is 52.6 Å². The van der Waals surface area contributed by atoms with Gasteiger partial charge in [-0.3, -0.25) is 4.90 Å². The summed E-state index contributed by atoms with van der Waals surface area (Å²) < 4.78 is 0. The number of hydrogen-bond acceptors (Lipinski definition) is 2. The first-order chi connectivity index (χ1) is 7.74. The highest BCUT2D eigenvalue weighted by Gasteiger charge is 2.35.